The molecule has 9 heteroatoms. The summed E-state index contributed by atoms with van der Waals surface area (Å²) in [5.74, 6) is 0. The normalized spacial score (nSPS) is 15.7. The Hall–Kier alpha value is 0.639. The van der Waals surface area contributed by atoms with Gasteiger partial charge in [0.2, 0.25) is 0 Å². The Morgan fingerprint density at radius 2 is 1.13 bits per heavy atom. The molecule has 4 nitrogen and oxygen atoms in total. The molecular weight excluding hydrogens is 389 g/mol. The molecule has 0 atom stereocenters. The molecule has 84 valence electrons. The zero-order valence-corrected chi connectivity index (χ0v) is 13.4. The van der Waals surface area contributed by atoms with E-state index >= 15 is 0 Å². The van der Waals surface area contributed by atoms with Crippen molar-refractivity contribution in [3.05, 3.63) is 0 Å². The molecule has 15 heavy (non-hydrogen) atoms. The number of hydrogen-bond acceptors (Lipinski definition) is 4. The second kappa shape index (κ2) is 9.84. The van der Waals surface area contributed by atoms with Crippen LogP contribution >= 0.6 is 35.7 Å². The van der Waals surface area contributed by atoms with Crippen LogP contribution in [0.2, 0.25) is 0 Å². The minimum absolute atomic E-state index is 0.778. The monoisotopic (exact) mass is 396 g/mol. The van der Waals surface area contributed by atoms with Crippen molar-refractivity contribution in [2.45, 2.75) is 0 Å². The van der Waals surface area contributed by atoms with E-state index in [1.165, 1.54) is 0 Å². The number of nitrogens with zero attached hydrogens (tertiary/aromatic N) is 4. The van der Waals surface area contributed by atoms with Gasteiger partial charge in [-0.05, 0) is 0 Å². The van der Waals surface area contributed by atoms with Crippen LogP contribution < -0.4 is 0 Å². The first kappa shape index (κ1) is 15.6. The molecule has 0 aromatic rings. The fourth-order valence-electron chi connectivity index (χ4n) is 0.471. The molecule has 0 amide bonds. The van der Waals surface area contributed by atoms with Crippen LogP contribution in [0, 0.1) is 0 Å². The van der Waals surface area contributed by atoms with Crippen molar-refractivity contribution in [2.75, 3.05) is 13.1 Å². The average Bonchev–Trinajstić information content (AvgIpc) is 2.81. The van der Waals surface area contributed by atoms with Crippen LogP contribution in [-0.2, 0) is 0 Å². The molecule has 2 heterocycles. The van der Waals surface area contributed by atoms with Crippen molar-refractivity contribution in [1.29, 1.82) is 0 Å². The first-order chi connectivity index (χ1) is 7.00. The van der Waals surface area contributed by atoms with E-state index in [9.17, 15) is 0 Å². The van der Waals surface area contributed by atoms with Gasteiger partial charge >= 0.3 is 49.6 Å². The quantitative estimate of drug-likeness (QED) is 0.565. The van der Waals surface area contributed by atoms with Gasteiger partial charge in [-0.3, -0.25) is 9.98 Å². The zero-order chi connectivity index (χ0) is 11.6. The van der Waals surface area contributed by atoms with E-state index in [0.29, 0.717) is 0 Å². The third-order valence-corrected chi connectivity index (χ3v) is 0.882. The topological polar surface area (TPSA) is 49.4 Å². The van der Waals surface area contributed by atoms with Crippen molar-refractivity contribution in [1.82, 2.24) is 0 Å². The molecule has 0 unspecified atom stereocenters. The van der Waals surface area contributed by atoms with Crippen LogP contribution in [0.3, 0.4) is 0 Å². The van der Waals surface area contributed by atoms with Gasteiger partial charge in [-0.15, -0.1) is 0 Å². The number of rotatable bonds is 0. The molecule has 0 bridgehead atoms. The van der Waals surface area contributed by atoms with Gasteiger partial charge in [0.25, 0.3) is 0 Å². The van der Waals surface area contributed by atoms with Gasteiger partial charge in [0.15, 0.2) is 0 Å². The van der Waals surface area contributed by atoms with Crippen molar-refractivity contribution >= 4 is 74.7 Å². The van der Waals surface area contributed by atoms with E-state index in [-0.39, 0.29) is 0 Å². The SMILES string of the molecule is C1=NC=NC1.C1=NC=NC1.[Cl][Sn]([Cl])([Cl])[Cl]. The van der Waals surface area contributed by atoms with Crippen LogP contribution in [-0.4, -0.2) is 52.1 Å². The predicted molar refractivity (Wildman–Crippen MR) is 72.9 cm³/mol. The van der Waals surface area contributed by atoms with Gasteiger partial charge in [-0.1, -0.05) is 0 Å². The Morgan fingerprint density at radius 3 is 1.20 bits per heavy atom. The minimum atomic E-state index is -3.29. The molecule has 2 aliphatic heterocycles. The predicted octanol–water partition coefficient (Wildman–Crippen LogP) is 2.58. The van der Waals surface area contributed by atoms with Crippen LogP contribution in [0.1, 0.15) is 0 Å². The van der Waals surface area contributed by atoms with Gasteiger partial charge in [-0.25, -0.2) is 9.98 Å². The fraction of sp³-hybridized carbons (Fsp3) is 0.333. The second-order valence-electron chi connectivity index (χ2n) is 2.05. The Bertz CT molecular complexity index is 223. The summed E-state index contributed by atoms with van der Waals surface area (Å²) in [5.41, 5.74) is 0. The molecule has 2 rings (SSSR count). The Morgan fingerprint density at radius 1 is 0.800 bits per heavy atom. The number of halogens is 4. The van der Waals surface area contributed by atoms with Crippen LogP contribution in [0.5, 0.6) is 0 Å². The summed E-state index contributed by atoms with van der Waals surface area (Å²) in [7, 11) is 20.1. The van der Waals surface area contributed by atoms with Gasteiger partial charge in [-0.2, -0.15) is 0 Å². The van der Waals surface area contributed by atoms with Crippen molar-refractivity contribution < 1.29 is 0 Å². The summed E-state index contributed by atoms with van der Waals surface area (Å²) in [6.07, 6.45) is 6.64. The Kier molecular flexibility index (Phi) is 10.3. The molecule has 0 aliphatic carbocycles. The summed E-state index contributed by atoms with van der Waals surface area (Å²) in [6, 6.07) is 0. The molecule has 0 aromatic heterocycles. The number of hydrogen-bond donors (Lipinski definition) is 0. The van der Waals surface area contributed by atoms with Gasteiger partial charge < -0.3 is 0 Å². The van der Waals surface area contributed by atoms with E-state index in [4.69, 9.17) is 35.7 Å². The maximum absolute atomic E-state index is 5.04. The summed E-state index contributed by atoms with van der Waals surface area (Å²) < 4.78 is 0. The van der Waals surface area contributed by atoms with E-state index in [1.807, 2.05) is 0 Å². The molecular formula is C6H8Cl4N4Sn. The summed E-state index contributed by atoms with van der Waals surface area (Å²) in [4.78, 5) is 14.8. The van der Waals surface area contributed by atoms with E-state index < -0.39 is 13.9 Å². The van der Waals surface area contributed by atoms with Gasteiger partial charge in [0.1, 0.15) is 12.7 Å². The first-order valence-corrected chi connectivity index (χ1v) is 18.2. The molecule has 0 spiro atoms. The Labute approximate surface area is 107 Å². The van der Waals surface area contributed by atoms with Crippen molar-refractivity contribution in [2.24, 2.45) is 20.0 Å². The van der Waals surface area contributed by atoms with Crippen LogP contribution in [0.25, 0.3) is 0 Å². The first-order valence-electron chi connectivity index (χ1n) is 3.75. The molecule has 0 saturated carbocycles. The maximum atomic E-state index is 5.04. The van der Waals surface area contributed by atoms with E-state index in [1.54, 1.807) is 25.1 Å². The summed E-state index contributed by atoms with van der Waals surface area (Å²) >= 11 is -3.29. The van der Waals surface area contributed by atoms with Crippen molar-refractivity contribution in [3.63, 3.8) is 0 Å². The molecule has 0 saturated heterocycles. The third kappa shape index (κ3) is 20.7. The molecule has 2 aliphatic rings. The molecule has 0 fully saturated rings. The van der Waals surface area contributed by atoms with E-state index in [2.05, 4.69) is 20.0 Å². The molecule has 0 N–H and O–H groups in total. The van der Waals surface area contributed by atoms with Crippen LogP contribution in [0.15, 0.2) is 20.0 Å². The second-order valence-corrected chi connectivity index (χ2v) is 27.5. The van der Waals surface area contributed by atoms with Gasteiger partial charge in [0, 0.05) is 12.4 Å². The third-order valence-electron chi connectivity index (χ3n) is 0.882. The Balaban J connectivity index is 0.000000196. The van der Waals surface area contributed by atoms with Crippen molar-refractivity contribution in [3.8, 4) is 0 Å². The molecule has 0 radical (unpaired) electrons. The van der Waals surface area contributed by atoms with Gasteiger partial charge in [0.05, 0.1) is 13.1 Å². The summed E-state index contributed by atoms with van der Waals surface area (Å²) in [5, 5.41) is 0. The standard InChI is InChI=1S/2C3H4N2.4ClH.Sn/c2*1-2-5-3-4-1;;;;;/h2*1,3H,2H2;4*1H;/q;;;;;;+4/p-4. The average molecular weight is 397 g/mol. The van der Waals surface area contributed by atoms with Crippen LogP contribution in [0.4, 0.5) is 0 Å². The molecule has 0 aromatic carbocycles. The summed E-state index contributed by atoms with van der Waals surface area (Å²) in [6.45, 7) is 1.56. The number of aliphatic imine (C=N–C) groups is 4. The van der Waals surface area contributed by atoms with E-state index in [0.717, 1.165) is 13.1 Å². The fourth-order valence-corrected chi connectivity index (χ4v) is 0.471. The zero-order valence-electron chi connectivity index (χ0n) is 7.52.